The Morgan fingerprint density at radius 3 is 2.18 bits per heavy atom. The van der Waals surface area contributed by atoms with E-state index in [9.17, 15) is 18.0 Å². The molecule has 1 aliphatic heterocycles. The summed E-state index contributed by atoms with van der Waals surface area (Å²) in [6, 6.07) is 0. The largest absolute Gasteiger partial charge is 0.481 e. The van der Waals surface area contributed by atoms with Gasteiger partial charge in [0.1, 0.15) is 0 Å². The fourth-order valence-electron chi connectivity index (χ4n) is 2.40. The van der Waals surface area contributed by atoms with E-state index in [2.05, 4.69) is 0 Å². The molecule has 0 aliphatic carbocycles. The summed E-state index contributed by atoms with van der Waals surface area (Å²) in [6.45, 7) is 2.94. The number of rotatable bonds is 4. The molecule has 1 aliphatic rings. The van der Waals surface area contributed by atoms with Crippen molar-refractivity contribution in [3.05, 3.63) is 0 Å². The van der Waals surface area contributed by atoms with E-state index in [0.29, 0.717) is 0 Å². The number of carboxylic acids is 2. The minimum Gasteiger partial charge on any atom is -0.481 e. The molecule has 2 unspecified atom stereocenters. The van der Waals surface area contributed by atoms with Crippen LogP contribution in [0.25, 0.3) is 0 Å². The van der Waals surface area contributed by atoms with Gasteiger partial charge in [0.05, 0.1) is 22.8 Å². The van der Waals surface area contributed by atoms with Crippen molar-refractivity contribution >= 4 is 21.8 Å². The van der Waals surface area contributed by atoms with Crippen molar-refractivity contribution in [1.82, 2.24) is 0 Å². The zero-order valence-electron chi connectivity index (χ0n) is 9.71. The lowest BCUT2D eigenvalue weighted by atomic mass is 9.79. The molecule has 0 bridgehead atoms. The lowest BCUT2D eigenvalue weighted by Crippen LogP contribution is -2.40. The Morgan fingerprint density at radius 2 is 1.88 bits per heavy atom. The van der Waals surface area contributed by atoms with Gasteiger partial charge in [-0.15, -0.1) is 0 Å². The van der Waals surface area contributed by atoms with Crippen LogP contribution in [0.3, 0.4) is 0 Å². The van der Waals surface area contributed by atoms with Crippen LogP contribution >= 0.6 is 0 Å². The highest BCUT2D eigenvalue weighted by molar-refractivity contribution is 7.93. The molecule has 1 rings (SSSR count). The minimum absolute atomic E-state index is 0.0753. The topological polar surface area (TPSA) is 109 Å². The average Bonchev–Trinajstić information content (AvgIpc) is 2.33. The first-order valence-corrected chi connectivity index (χ1v) is 6.91. The van der Waals surface area contributed by atoms with Crippen LogP contribution in [0.1, 0.15) is 26.7 Å². The maximum Gasteiger partial charge on any atom is 0.307 e. The number of carbonyl (C=O) groups is 2. The molecule has 0 aromatic carbocycles. The van der Waals surface area contributed by atoms with E-state index in [1.165, 1.54) is 13.8 Å². The lowest BCUT2D eigenvalue weighted by Gasteiger charge is -2.29. The summed E-state index contributed by atoms with van der Waals surface area (Å²) in [7, 11) is -3.34. The summed E-state index contributed by atoms with van der Waals surface area (Å²) < 4.78 is 22.4. The van der Waals surface area contributed by atoms with Crippen molar-refractivity contribution in [2.24, 2.45) is 11.8 Å². The zero-order valence-corrected chi connectivity index (χ0v) is 10.5. The number of sulfone groups is 1. The summed E-state index contributed by atoms with van der Waals surface area (Å²) in [6.07, 6.45) is -0.335. The van der Waals surface area contributed by atoms with Crippen LogP contribution < -0.4 is 0 Å². The summed E-state index contributed by atoms with van der Waals surface area (Å²) in [5.41, 5.74) is 0. The predicted molar refractivity (Wildman–Crippen MR) is 59.4 cm³/mol. The molecule has 98 valence electrons. The normalized spacial score (nSPS) is 27.5. The highest BCUT2D eigenvalue weighted by Gasteiger charge is 2.52. The third kappa shape index (κ3) is 2.43. The Bertz CT molecular complexity index is 436. The fourth-order valence-corrected chi connectivity index (χ4v) is 4.23. The van der Waals surface area contributed by atoms with Crippen molar-refractivity contribution in [1.29, 1.82) is 0 Å². The molecule has 1 saturated heterocycles. The zero-order chi connectivity index (χ0) is 13.4. The van der Waals surface area contributed by atoms with Gasteiger partial charge in [-0.1, -0.05) is 0 Å². The van der Waals surface area contributed by atoms with Gasteiger partial charge in [0.25, 0.3) is 0 Å². The van der Waals surface area contributed by atoms with Gasteiger partial charge >= 0.3 is 11.9 Å². The Hall–Kier alpha value is -1.11. The second-order valence-electron chi connectivity index (χ2n) is 4.86. The molecule has 2 N–H and O–H groups in total. The quantitative estimate of drug-likeness (QED) is 0.759. The van der Waals surface area contributed by atoms with Crippen molar-refractivity contribution in [3.63, 3.8) is 0 Å². The standard InChI is InChI=1S/C10H16O6S/c1-10(2)7(3-4-17(10,15)16)6(9(13)14)5-8(11)12/h6-7H,3-5H2,1-2H3,(H,11,12)(H,13,14). The third-order valence-corrected chi connectivity index (χ3v) is 6.27. The van der Waals surface area contributed by atoms with E-state index in [0.717, 1.165) is 0 Å². The maximum atomic E-state index is 11.8. The van der Waals surface area contributed by atoms with Gasteiger partial charge in [-0.2, -0.15) is 0 Å². The van der Waals surface area contributed by atoms with E-state index in [1.54, 1.807) is 0 Å². The molecule has 1 heterocycles. The SMILES string of the molecule is CC1(C)C(C(CC(=O)O)C(=O)O)CCS1(=O)=O. The molecule has 0 saturated carbocycles. The first-order valence-electron chi connectivity index (χ1n) is 5.26. The van der Waals surface area contributed by atoms with Crippen LogP contribution in [0.5, 0.6) is 0 Å². The van der Waals surface area contributed by atoms with Gasteiger partial charge in [0.15, 0.2) is 9.84 Å². The number of carboxylic acid groups (broad SMARTS) is 2. The second kappa shape index (κ2) is 4.29. The van der Waals surface area contributed by atoms with Crippen molar-refractivity contribution < 1.29 is 28.2 Å². The monoisotopic (exact) mass is 264 g/mol. The number of hydrogen-bond acceptors (Lipinski definition) is 4. The van der Waals surface area contributed by atoms with Crippen molar-refractivity contribution in [3.8, 4) is 0 Å². The number of hydrogen-bond donors (Lipinski definition) is 2. The van der Waals surface area contributed by atoms with Gasteiger partial charge in [0.2, 0.25) is 0 Å². The summed E-state index contributed by atoms with van der Waals surface area (Å²) in [4.78, 5) is 21.7. The molecule has 0 amide bonds. The van der Waals surface area contributed by atoms with E-state index in [-0.39, 0.29) is 12.2 Å². The summed E-state index contributed by atoms with van der Waals surface area (Å²) in [5, 5.41) is 17.7. The number of aliphatic carboxylic acids is 2. The van der Waals surface area contributed by atoms with Crippen LogP contribution in [0.2, 0.25) is 0 Å². The first-order chi connectivity index (χ1) is 7.59. The third-order valence-electron chi connectivity index (χ3n) is 3.59. The predicted octanol–water partition coefficient (Wildman–Crippen LogP) is 0.375. The van der Waals surface area contributed by atoms with Crippen LogP contribution in [0.4, 0.5) is 0 Å². The maximum absolute atomic E-state index is 11.8. The van der Waals surface area contributed by atoms with Gasteiger partial charge < -0.3 is 10.2 Å². The molecule has 6 nitrogen and oxygen atoms in total. The van der Waals surface area contributed by atoms with E-state index in [1.807, 2.05) is 0 Å². The van der Waals surface area contributed by atoms with E-state index >= 15 is 0 Å². The molecule has 17 heavy (non-hydrogen) atoms. The Kier molecular flexibility index (Phi) is 3.52. The van der Waals surface area contributed by atoms with Crippen LogP contribution in [-0.2, 0) is 19.4 Å². The van der Waals surface area contributed by atoms with Gasteiger partial charge in [-0.25, -0.2) is 8.42 Å². The molecule has 0 spiro atoms. The van der Waals surface area contributed by atoms with Crippen molar-refractivity contribution in [2.45, 2.75) is 31.4 Å². The Morgan fingerprint density at radius 1 is 1.35 bits per heavy atom. The van der Waals surface area contributed by atoms with E-state index in [4.69, 9.17) is 10.2 Å². The molecule has 2 atom stereocenters. The highest BCUT2D eigenvalue weighted by Crippen LogP contribution is 2.42. The fraction of sp³-hybridized carbons (Fsp3) is 0.800. The molecule has 0 aromatic heterocycles. The van der Waals surface area contributed by atoms with Crippen LogP contribution in [-0.4, -0.2) is 41.1 Å². The first kappa shape index (κ1) is 14.0. The highest BCUT2D eigenvalue weighted by atomic mass is 32.2. The molecular weight excluding hydrogens is 248 g/mol. The van der Waals surface area contributed by atoms with Crippen LogP contribution in [0.15, 0.2) is 0 Å². The lowest BCUT2D eigenvalue weighted by molar-refractivity contribution is -0.150. The minimum atomic E-state index is -3.34. The molecular formula is C10H16O6S. The van der Waals surface area contributed by atoms with Gasteiger partial charge in [0, 0.05) is 0 Å². The van der Waals surface area contributed by atoms with Gasteiger partial charge in [-0.3, -0.25) is 9.59 Å². The average molecular weight is 264 g/mol. The van der Waals surface area contributed by atoms with Gasteiger partial charge in [-0.05, 0) is 26.2 Å². The van der Waals surface area contributed by atoms with Crippen LogP contribution in [0, 0.1) is 11.8 Å². The molecule has 0 aromatic rings. The second-order valence-corrected chi connectivity index (χ2v) is 7.55. The molecule has 0 radical (unpaired) electrons. The molecule has 7 heteroatoms. The molecule has 1 fully saturated rings. The summed E-state index contributed by atoms with van der Waals surface area (Å²) >= 11 is 0. The smallest absolute Gasteiger partial charge is 0.307 e. The Balaban J connectivity index is 3.06. The van der Waals surface area contributed by atoms with Crippen molar-refractivity contribution in [2.75, 3.05) is 5.75 Å². The summed E-state index contributed by atoms with van der Waals surface area (Å²) in [5.74, 6) is -4.35. The van der Waals surface area contributed by atoms with E-state index < -0.39 is 44.8 Å². The Labute approximate surface area is 99.6 Å².